The first-order valence-electron chi connectivity index (χ1n) is 15.9. The highest BCUT2D eigenvalue weighted by Crippen LogP contribution is 2.40. The first kappa shape index (κ1) is 33.0. The summed E-state index contributed by atoms with van der Waals surface area (Å²) in [6, 6.07) is 21.3. The number of ether oxygens (including phenoxy) is 2. The van der Waals surface area contributed by atoms with Gasteiger partial charge < -0.3 is 24.6 Å². The maximum absolute atomic E-state index is 14.3. The number of likely N-dealkylation sites (N-methyl/N-ethyl adjacent to an activating group) is 1. The standard InChI is InChI=1S/C36H45N5O5/c1-25(26-11-7-6-8-12-26)39-19-21-40(22-20-39)30-14-9-13-28-34(30)36(44)41(35(28)43)29(15-10-18-37-33(42)24-38(2)3)27-16-17-31(45-4)32(23-27)46-5/h6-9,11-14,16-17,23,25,29H,10,15,18-22,24H2,1-5H3,(H,37,42). The summed E-state index contributed by atoms with van der Waals surface area (Å²) in [4.78, 5) is 48.5. The highest BCUT2D eigenvalue weighted by atomic mass is 16.5. The van der Waals surface area contributed by atoms with Gasteiger partial charge in [0.05, 0.1) is 43.6 Å². The van der Waals surface area contributed by atoms with Crippen molar-refractivity contribution in [1.29, 1.82) is 0 Å². The average Bonchev–Trinajstić information content (AvgIpc) is 3.33. The Morgan fingerprint density at radius 1 is 0.870 bits per heavy atom. The van der Waals surface area contributed by atoms with Crippen molar-refractivity contribution >= 4 is 23.4 Å². The number of nitrogens with one attached hydrogen (secondary N) is 1. The van der Waals surface area contributed by atoms with Crippen LogP contribution in [-0.2, 0) is 4.79 Å². The molecule has 0 aliphatic carbocycles. The molecule has 46 heavy (non-hydrogen) atoms. The number of carbonyl (C=O) groups is 3. The van der Waals surface area contributed by atoms with E-state index in [1.165, 1.54) is 10.5 Å². The van der Waals surface area contributed by atoms with Crippen molar-refractivity contribution in [3.63, 3.8) is 0 Å². The summed E-state index contributed by atoms with van der Waals surface area (Å²) in [7, 11) is 6.81. The molecule has 1 saturated heterocycles. The van der Waals surface area contributed by atoms with Gasteiger partial charge in [-0.1, -0.05) is 42.5 Å². The molecular formula is C36H45N5O5. The number of methoxy groups -OCH3 is 2. The third-order valence-corrected chi connectivity index (χ3v) is 8.95. The summed E-state index contributed by atoms with van der Waals surface area (Å²) in [5.41, 5.74) is 3.73. The van der Waals surface area contributed by atoms with Crippen molar-refractivity contribution in [3.05, 3.63) is 89.0 Å². The van der Waals surface area contributed by atoms with Crippen LogP contribution < -0.4 is 19.7 Å². The lowest BCUT2D eigenvalue weighted by molar-refractivity contribution is -0.121. The largest absolute Gasteiger partial charge is 0.493 e. The Morgan fingerprint density at radius 3 is 2.26 bits per heavy atom. The van der Waals surface area contributed by atoms with Gasteiger partial charge in [0.15, 0.2) is 11.5 Å². The minimum atomic E-state index is -0.561. The summed E-state index contributed by atoms with van der Waals surface area (Å²) in [5, 5.41) is 2.94. The minimum absolute atomic E-state index is 0.0729. The van der Waals surface area contributed by atoms with Gasteiger partial charge in [-0.3, -0.25) is 24.2 Å². The zero-order chi connectivity index (χ0) is 32.8. The van der Waals surface area contributed by atoms with Gasteiger partial charge >= 0.3 is 0 Å². The van der Waals surface area contributed by atoms with E-state index < -0.39 is 6.04 Å². The van der Waals surface area contributed by atoms with Crippen LogP contribution in [0.1, 0.15) is 63.7 Å². The normalized spacial score (nSPS) is 16.4. The van der Waals surface area contributed by atoms with Gasteiger partial charge in [0.25, 0.3) is 11.8 Å². The summed E-state index contributed by atoms with van der Waals surface area (Å²) in [6.45, 7) is 6.14. The Hall–Kier alpha value is -4.41. The van der Waals surface area contributed by atoms with E-state index in [0.29, 0.717) is 54.6 Å². The van der Waals surface area contributed by atoms with Gasteiger partial charge in [0.2, 0.25) is 5.91 Å². The van der Waals surface area contributed by atoms with E-state index in [0.717, 1.165) is 37.4 Å². The second-order valence-electron chi connectivity index (χ2n) is 12.1. The van der Waals surface area contributed by atoms with Gasteiger partial charge in [0.1, 0.15) is 0 Å². The number of benzene rings is 3. The number of amides is 3. The van der Waals surface area contributed by atoms with Crippen LogP contribution in [-0.4, -0.2) is 100 Å². The lowest BCUT2D eigenvalue weighted by Crippen LogP contribution is -2.47. The number of carbonyl (C=O) groups excluding carboxylic acids is 3. The topological polar surface area (TPSA) is 94.7 Å². The van der Waals surface area contributed by atoms with E-state index in [9.17, 15) is 14.4 Å². The molecule has 5 rings (SSSR count). The van der Waals surface area contributed by atoms with E-state index in [2.05, 4.69) is 46.3 Å². The van der Waals surface area contributed by atoms with Crippen molar-refractivity contribution in [3.8, 4) is 11.5 Å². The average molecular weight is 628 g/mol. The Morgan fingerprint density at radius 2 is 1.59 bits per heavy atom. The summed E-state index contributed by atoms with van der Waals surface area (Å²) >= 11 is 0. The smallest absolute Gasteiger partial charge is 0.264 e. The number of fused-ring (bicyclic) bond motifs is 1. The first-order chi connectivity index (χ1) is 22.2. The van der Waals surface area contributed by atoms with E-state index >= 15 is 0 Å². The molecule has 0 saturated carbocycles. The van der Waals surface area contributed by atoms with Gasteiger partial charge in [-0.25, -0.2) is 0 Å². The number of piperazine rings is 1. The third-order valence-electron chi connectivity index (χ3n) is 8.95. The van der Waals surface area contributed by atoms with E-state index in [1.807, 2.05) is 49.3 Å². The molecule has 3 amide bonds. The van der Waals surface area contributed by atoms with Crippen molar-refractivity contribution in [1.82, 2.24) is 20.0 Å². The summed E-state index contributed by atoms with van der Waals surface area (Å²) < 4.78 is 11.0. The van der Waals surface area contributed by atoms with Crippen LogP contribution in [0.2, 0.25) is 0 Å². The Kier molecular flexibility index (Phi) is 10.6. The molecule has 0 aromatic heterocycles. The fourth-order valence-electron chi connectivity index (χ4n) is 6.50. The molecule has 0 bridgehead atoms. The zero-order valence-corrected chi connectivity index (χ0v) is 27.5. The number of hydrogen-bond acceptors (Lipinski definition) is 8. The van der Waals surface area contributed by atoms with Gasteiger partial charge in [0, 0.05) is 38.8 Å². The highest BCUT2D eigenvalue weighted by Gasteiger charge is 2.43. The number of rotatable bonds is 13. The molecule has 0 radical (unpaired) electrons. The zero-order valence-electron chi connectivity index (χ0n) is 27.5. The molecule has 2 heterocycles. The third kappa shape index (κ3) is 7.03. The molecule has 244 valence electrons. The summed E-state index contributed by atoms with van der Waals surface area (Å²) in [5.74, 6) is 0.397. The molecule has 2 unspecified atom stereocenters. The summed E-state index contributed by atoms with van der Waals surface area (Å²) in [6.07, 6.45) is 1.04. The molecule has 2 aliphatic rings. The predicted octanol–water partition coefficient (Wildman–Crippen LogP) is 4.38. The quantitative estimate of drug-likeness (QED) is 0.221. The number of anilines is 1. The van der Waals surface area contributed by atoms with E-state index in [-0.39, 0.29) is 17.7 Å². The molecule has 0 spiro atoms. The van der Waals surface area contributed by atoms with Crippen LogP contribution in [0.4, 0.5) is 5.69 Å². The molecule has 3 aromatic rings. The van der Waals surface area contributed by atoms with Crippen LogP contribution in [0, 0.1) is 0 Å². The second kappa shape index (κ2) is 14.8. The molecule has 2 atom stereocenters. The van der Waals surface area contributed by atoms with E-state index in [1.54, 1.807) is 26.4 Å². The van der Waals surface area contributed by atoms with Crippen molar-refractivity contribution in [2.45, 2.75) is 31.8 Å². The SMILES string of the molecule is COc1ccc(C(CCCNC(=O)CN(C)C)N2C(=O)c3cccc(N4CCN(C(C)c5ccccc5)CC4)c3C2=O)cc1OC. The fourth-order valence-corrected chi connectivity index (χ4v) is 6.50. The number of imide groups is 1. The van der Waals surface area contributed by atoms with Crippen molar-refractivity contribution < 1.29 is 23.9 Å². The van der Waals surface area contributed by atoms with Gasteiger partial charge in [-0.15, -0.1) is 0 Å². The highest BCUT2D eigenvalue weighted by molar-refractivity contribution is 6.24. The molecule has 10 heteroatoms. The molecule has 3 aromatic carbocycles. The Balaban J connectivity index is 1.37. The molecule has 10 nitrogen and oxygen atoms in total. The Bertz CT molecular complexity index is 1540. The van der Waals surface area contributed by atoms with Gasteiger partial charge in [-0.05, 0) is 69.3 Å². The molecule has 1 fully saturated rings. The second-order valence-corrected chi connectivity index (χ2v) is 12.1. The molecule has 1 N–H and O–H groups in total. The van der Waals surface area contributed by atoms with Crippen LogP contribution in [0.5, 0.6) is 11.5 Å². The first-order valence-corrected chi connectivity index (χ1v) is 15.9. The van der Waals surface area contributed by atoms with Crippen molar-refractivity contribution in [2.75, 3.05) is 72.5 Å². The fraction of sp³-hybridized carbons (Fsp3) is 0.417. The maximum atomic E-state index is 14.3. The Labute approximate surface area is 271 Å². The van der Waals surface area contributed by atoms with Crippen LogP contribution in [0.3, 0.4) is 0 Å². The van der Waals surface area contributed by atoms with Gasteiger partial charge in [-0.2, -0.15) is 0 Å². The number of nitrogens with zero attached hydrogens (tertiary/aromatic N) is 4. The lowest BCUT2D eigenvalue weighted by atomic mass is 9.99. The monoisotopic (exact) mass is 627 g/mol. The van der Waals surface area contributed by atoms with Crippen LogP contribution in [0.15, 0.2) is 66.7 Å². The number of hydrogen-bond donors (Lipinski definition) is 1. The van der Waals surface area contributed by atoms with E-state index in [4.69, 9.17) is 9.47 Å². The molecular weight excluding hydrogens is 582 g/mol. The molecule has 2 aliphatic heterocycles. The predicted molar refractivity (Wildman–Crippen MR) is 179 cm³/mol. The van der Waals surface area contributed by atoms with Crippen LogP contribution in [0.25, 0.3) is 0 Å². The minimum Gasteiger partial charge on any atom is -0.493 e. The lowest BCUT2D eigenvalue weighted by Gasteiger charge is -2.39. The van der Waals surface area contributed by atoms with Crippen LogP contribution >= 0.6 is 0 Å². The maximum Gasteiger partial charge on any atom is 0.264 e. The van der Waals surface area contributed by atoms with Crippen molar-refractivity contribution in [2.24, 2.45) is 0 Å².